The number of hydrogen-bond donors (Lipinski definition) is 1. The summed E-state index contributed by atoms with van der Waals surface area (Å²) >= 11 is 1.68. The maximum Gasteiger partial charge on any atom is 0.252 e. The molecule has 0 aliphatic carbocycles. The van der Waals surface area contributed by atoms with Gasteiger partial charge in [-0.1, -0.05) is 38.1 Å². The van der Waals surface area contributed by atoms with Crippen LogP contribution in [-0.2, 0) is 6.42 Å². The summed E-state index contributed by atoms with van der Waals surface area (Å²) in [7, 11) is 0. The van der Waals surface area contributed by atoms with Gasteiger partial charge in [0.2, 0.25) is 0 Å². The van der Waals surface area contributed by atoms with Gasteiger partial charge < -0.3 is 10.1 Å². The molecule has 0 unspecified atom stereocenters. The van der Waals surface area contributed by atoms with Gasteiger partial charge >= 0.3 is 0 Å². The molecule has 2 rings (SSSR count). The molecule has 0 fully saturated rings. The lowest BCUT2D eigenvalue weighted by atomic mass is 10.2. The molecule has 2 aromatic carbocycles. The Hall–Kier alpha value is -1.94. The van der Waals surface area contributed by atoms with E-state index in [9.17, 15) is 4.79 Å². The van der Waals surface area contributed by atoms with Crippen molar-refractivity contribution in [1.82, 2.24) is 5.32 Å². The molecular formula is C19H23NO2S. The largest absolute Gasteiger partial charge is 0.492 e. The lowest BCUT2D eigenvalue weighted by Crippen LogP contribution is -2.28. The third-order valence-corrected chi connectivity index (χ3v) is 4.38. The minimum Gasteiger partial charge on any atom is -0.492 e. The molecule has 0 radical (unpaired) electrons. The van der Waals surface area contributed by atoms with Crippen molar-refractivity contribution in [2.24, 2.45) is 0 Å². The van der Waals surface area contributed by atoms with Crippen molar-refractivity contribution >= 4 is 17.7 Å². The van der Waals surface area contributed by atoms with Crippen LogP contribution >= 0.6 is 11.8 Å². The maximum atomic E-state index is 12.3. The van der Waals surface area contributed by atoms with Crippen molar-refractivity contribution in [2.45, 2.75) is 25.2 Å². The molecule has 23 heavy (non-hydrogen) atoms. The zero-order valence-electron chi connectivity index (χ0n) is 13.7. The van der Waals surface area contributed by atoms with Crippen LogP contribution in [0.3, 0.4) is 0 Å². The second-order valence-electron chi connectivity index (χ2n) is 5.03. The van der Waals surface area contributed by atoms with Gasteiger partial charge in [-0.3, -0.25) is 4.79 Å². The SMILES string of the molecule is CCSc1ccccc1C(=O)NCCOc1ccc(CC)cc1. The first kappa shape index (κ1) is 17.4. The summed E-state index contributed by atoms with van der Waals surface area (Å²) in [6, 6.07) is 15.7. The molecular weight excluding hydrogens is 306 g/mol. The van der Waals surface area contributed by atoms with Crippen LogP contribution in [0.4, 0.5) is 0 Å². The lowest BCUT2D eigenvalue weighted by molar-refractivity contribution is 0.0944. The molecule has 0 spiro atoms. The number of hydrogen-bond acceptors (Lipinski definition) is 3. The standard InChI is InChI=1S/C19H23NO2S/c1-3-15-9-11-16(12-10-15)22-14-13-20-19(21)17-7-5-6-8-18(17)23-4-2/h5-12H,3-4,13-14H2,1-2H3,(H,20,21). The highest BCUT2D eigenvalue weighted by Gasteiger charge is 2.10. The third kappa shape index (κ3) is 5.32. The van der Waals surface area contributed by atoms with Crippen LogP contribution in [0.1, 0.15) is 29.8 Å². The normalized spacial score (nSPS) is 10.3. The highest BCUT2D eigenvalue weighted by Crippen LogP contribution is 2.22. The summed E-state index contributed by atoms with van der Waals surface area (Å²) in [5.41, 5.74) is 2.02. The number of aryl methyl sites for hydroxylation is 1. The van der Waals surface area contributed by atoms with Gasteiger partial charge in [0.25, 0.3) is 5.91 Å². The molecule has 0 saturated heterocycles. The molecule has 0 aliphatic rings. The average Bonchev–Trinajstić information content (AvgIpc) is 2.60. The summed E-state index contributed by atoms with van der Waals surface area (Å²) in [5.74, 6) is 1.73. The van der Waals surface area contributed by atoms with Crippen molar-refractivity contribution < 1.29 is 9.53 Å². The van der Waals surface area contributed by atoms with E-state index in [-0.39, 0.29) is 5.91 Å². The minimum absolute atomic E-state index is 0.0496. The summed E-state index contributed by atoms with van der Waals surface area (Å²) in [6.07, 6.45) is 1.02. The van der Waals surface area contributed by atoms with E-state index in [0.717, 1.165) is 28.4 Å². The van der Waals surface area contributed by atoms with E-state index in [4.69, 9.17) is 4.74 Å². The minimum atomic E-state index is -0.0496. The quantitative estimate of drug-likeness (QED) is 0.583. The second kappa shape index (κ2) is 9.26. The molecule has 0 aliphatic heterocycles. The Kier molecular flexibility index (Phi) is 7.01. The van der Waals surface area contributed by atoms with Crippen LogP contribution in [0.15, 0.2) is 53.4 Å². The number of amides is 1. The Labute approximate surface area is 142 Å². The van der Waals surface area contributed by atoms with E-state index in [1.807, 2.05) is 36.4 Å². The Morgan fingerprint density at radius 3 is 2.52 bits per heavy atom. The fraction of sp³-hybridized carbons (Fsp3) is 0.316. The Morgan fingerprint density at radius 1 is 1.09 bits per heavy atom. The van der Waals surface area contributed by atoms with Gasteiger partial charge in [-0.05, 0) is 42.0 Å². The first-order valence-corrected chi connectivity index (χ1v) is 8.95. The molecule has 0 saturated carbocycles. The molecule has 2 aromatic rings. The molecule has 1 N–H and O–H groups in total. The predicted molar refractivity (Wildman–Crippen MR) is 96.5 cm³/mol. The van der Waals surface area contributed by atoms with E-state index >= 15 is 0 Å². The number of ether oxygens (including phenoxy) is 1. The summed E-state index contributed by atoms with van der Waals surface area (Å²) in [5, 5.41) is 2.91. The van der Waals surface area contributed by atoms with Crippen molar-refractivity contribution in [3.63, 3.8) is 0 Å². The van der Waals surface area contributed by atoms with Crippen LogP contribution in [0, 0.1) is 0 Å². The number of carbonyl (C=O) groups is 1. The van der Waals surface area contributed by atoms with Crippen molar-refractivity contribution in [3.8, 4) is 5.75 Å². The highest BCUT2D eigenvalue weighted by molar-refractivity contribution is 7.99. The zero-order valence-corrected chi connectivity index (χ0v) is 14.5. The third-order valence-electron chi connectivity index (χ3n) is 3.42. The first-order chi connectivity index (χ1) is 11.2. The van der Waals surface area contributed by atoms with Crippen LogP contribution in [0.25, 0.3) is 0 Å². The Bertz CT molecular complexity index is 626. The van der Waals surface area contributed by atoms with Crippen molar-refractivity contribution in [1.29, 1.82) is 0 Å². The van der Waals surface area contributed by atoms with Crippen LogP contribution < -0.4 is 10.1 Å². The molecule has 0 bridgehead atoms. The average molecular weight is 329 g/mol. The Balaban J connectivity index is 1.80. The second-order valence-corrected chi connectivity index (χ2v) is 6.34. The molecule has 4 heteroatoms. The monoisotopic (exact) mass is 329 g/mol. The number of rotatable bonds is 8. The van der Waals surface area contributed by atoms with E-state index in [1.54, 1.807) is 11.8 Å². The van der Waals surface area contributed by atoms with Gasteiger partial charge in [0, 0.05) is 4.90 Å². The number of thioether (sulfide) groups is 1. The molecule has 3 nitrogen and oxygen atoms in total. The molecule has 0 atom stereocenters. The van der Waals surface area contributed by atoms with E-state index in [1.165, 1.54) is 5.56 Å². The van der Waals surface area contributed by atoms with E-state index in [0.29, 0.717) is 13.2 Å². The number of nitrogens with one attached hydrogen (secondary N) is 1. The first-order valence-electron chi connectivity index (χ1n) is 7.96. The summed E-state index contributed by atoms with van der Waals surface area (Å²) < 4.78 is 5.65. The molecule has 0 aromatic heterocycles. The van der Waals surface area contributed by atoms with E-state index < -0.39 is 0 Å². The number of carbonyl (C=O) groups excluding carboxylic acids is 1. The maximum absolute atomic E-state index is 12.3. The van der Waals surface area contributed by atoms with Gasteiger partial charge in [0.05, 0.1) is 12.1 Å². The fourth-order valence-electron chi connectivity index (χ4n) is 2.19. The summed E-state index contributed by atoms with van der Waals surface area (Å²) in [6.45, 7) is 5.15. The molecule has 0 heterocycles. The zero-order chi connectivity index (χ0) is 16.5. The molecule has 122 valence electrons. The van der Waals surface area contributed by atoms with Crippen molar-refractivity contribution in [3.05, 3.63) is 59.7 Å². The predicted octanol–water partition coefficient (Wildman–Crippen LogP) is 4.17. The van der Waals surface area contributed by atoms with Gasteiger partial charge in [-0.2, -0.15) is 0 Å². The number of benzene rings is 2. The lowest BCUT2D eigenvalue weighted by Gasteiger charge is -2.10. The van der Waals surface area contributed by atoms with Crippen LogP contribution in [0.2, 0.25) is 0 Å². The van der Waals surface area contributed by atoms with Gasteiger partial charge in [-0.25, -0.2) is 0 Å². The van der Waals surface area contributed by atoms with Gasteiger partial charge in [0.1, 0.15) is 12.4 Å². The molecule has 1 amide bonds. The smallest absolute Gasteiger partial charge is 0.252 e. The van der Waals surface area contributed by atoms with Gasteiger partial charge in [0.15, 0.2) is 0 Å². The summed E-state index contributed by atoms with van der Waals surface area (Å²) in [4.78, 5) is 13.3. The van der Waals surface area contributed by atoms with Crippen molar-refractivity contribution in [2.75, 3.05) is 18.9 Å². The van der Waals surface area contributed by atoms with E-state index in [2.05, 4.69) is 31.3 Å². The fourth-order valence-corrected chi connectivity index (χ4v) is 2.99. The topological polar surface area (TPSA) is 38.3 Å². The van der Waals surface area contributed by atoms with Crippen LogP contribution in [-0.4, -0.2) is 24.8 Å². The highest BCUT2D eigenvalue weighted by atomic mass is 32.2. The van der Waals surface area contributed by atoms with Crippen LogP contribution in [0.5, 0.6) is 5.75 Å². The van der Waals surface area contributed by atoms with Gasteiger partial charge in [-0.15, -0.1) is 11.8 Å². The Morgan fingerprint density at radius 2 is 1.83 bits per heavy atom.